The predicted molar refractivity (Wildman–Crippen MR) is 75.5 cm³/mol. The fourth-order valence-electron chi connectivity index (χ4n) is 2.05. The highest BCUT2D eigenvalue weighted by Gasteiger charge is 2.11. The first kappa shape index (κ1) is 13.1. The maximum atomic E-state index is 10.1. The van der Waals surface area contributed by atoms with Crippen LogP contribution in [0.2, 0.25) is 0 Å². The van der Waals surface area contributed by atoms with Gasteiger partial charge < -0.3 is 9.84 Å². The zero-order valence-corrected chi connectivity index (χ0v) is 11.5. The van der Waals surface area contributed by atoms with E-state index in [1.165, 1.54) is 10.4 Å². The number of ether oxygens (including phenoxy) is 1. The Balaban J connectivity index is 2.06. The first-order chi connectivity index (χ1) is 8.69. The minimum Gasteiger partial charge on any atom is -0.496 e. The number of aryl methyl sites for hydroxylation is 1. The number of thiophene rings is 1. The fraction of sp³-hybridized carbons (Fsp3) is 0.333. The summed E-state index contributed by atoms with van der Waals surface area (Å²) in [7, 11) is 1.67. The van der Waals surface area contributed by atoms with Crippen molar-refractivity contribution in [2.24, 2.45) is 0 Å². The Morgan fingerprint density at radius 2 is 2.11 bits per heavy atom. The van der Waals surface area contributed by atoms with E-state index in [1.807, 2.05) is 23.6 Å². The quantitative estimate of drug-likeness (QED) is 0.896. The Hall–Kier alpha value is -1.32. The molecule has 1 N–H and O–H groups in total. The molecule has 0 bridgehead atoms. The second-order valence-corrected chi connectivity index (χ2v) is 5.49. The molecule has 2 aromatic rings. The van der Waals surface area contributed by atoms with Gasteiger partial charge in [-0.15, -0.1) is 11.3 Å². The van der Waals surface area contributed by atoms with Crippen molar-refractivity contribution in [2.75, 3.05) is 7.11 Å². The third-order valence-electron chi connectivity index (χ3n) is 2.91. The molecule has 0 saturated carbocycles. The molecular weight excluding hydrogens is 244 g/mol. The van der Waals surface area contributed by atoms with Gasteiger partial charge in [-0.3, -0.25) is 0 Å². The summed E-state index contributed by atoms with van der Waals surface area (Å²) in [5, 5.41) is 12.2. The van der Waals surface area contributed by atoms with Crippen LogP contribution in [-0.2, 0) is 12.8 Å². The van der Waals surface area contributed by atoms with Crippen LogP contribution in [0, 0.1) is 6.92 Å². The molecule has 1 atom stereocenters. The molecule has 1 unspecified atom stereocenters. The SMILES string of the molecule is COc1ccc(C)cc1CC(O)Cc1cccs1. The van der Waals surface area contributed by atoms with Crippen molar-refractivity contribution < 1.29 is 9.84 Å². The summed E-state index contributed by atoms with van der Waals surface area (Å²) >= 11 is 1.68. The van der Waals surface area contributed by atoms with Crippen LogP contribution in [0.1, 0.15) is 16.0 Å². The number of hydrogen-bond acceptors (Lipinski definition) is 3. The average Bonchev–Trinajstić information content (AvgIpc) is 2.82. The van der Waals surface area contributed by atoms with Crippen molar-refractivity contribution in [3.63, 3.8) is 0 Å². The number of methoxy groups -OCH3 is 1. The van der Waals surface area contributed by atoms with Crippen LogP contribution in [0.5, 0.6) is 5.75 Å². The van der Waals surface area contributed by atoms with Gasteiger partial charge in [0.05, 0.1) is 13.2 Å². The molecule has 0 fully saturated rings. The van der Waals surface area contributed by atoms with Gasteiger partial charge in [-0.05, 0) is 30.0 Å². The molecule has 0 aliphatic heterocycles. The molecule has 2 rings (SSSR count). The van der Waals surface area contributed by atoms with Crippen LogP contribution in [-0.4, -0.2) is 18.3 Å². The zero-order valence-electron chi connectivity index (χ0n) is 10.7. The average molecular weight is 262 g/mol. The monoisotopic (exact) mass is 262 g/mol. The Morgan fingerprint density at radius 1 is 1.28 bits per heavy atom. The maximum absolute atomic E-state index is 10.1. The van der Waals surface area contributed by atoms with E-state index in [0.717, 1.165) is 11.3 Å². The van der Waals surface area contributed by atoms with E-state index in [-0.39, 0.29) is 6.10 Å². The Bertz CT molecular complexity index is 491. The van der Waals surface area contributed by atoms with E-state index in [1.54, 1.807) is 18.4 Å². The van der Waals surface area contributed by atoms with Gasteiger partial charge in [0.15, 0.2) is 0 Å². The Labute approximate surface area is 112 Å². The second-order valence-electron chi connectivity index (χ2n) is 4.46. The lowest BCUT2D eigenvalue weighted by atomic mass is 10.0. The topological polar surface area (TPSA) is 29.5 Å². The molecule has 18 heavy (non-hydrogen) atoms. The summed E-state index contributed by atoms with van der Waals surface area (Å²) in [6.07, 6.45) is 0.969. The van der Waals surface area contributed by atoms with E-state index < -0.39 is 0 Å². The molecule has 1 aromatic carbocycles. The third kappa shape index (κ3) is 3.34. The standard InChI is InChI=1S/C15H18O2S/c1-11-5-6-15(17-2)12(8-11)9-13(16)10-14-4-3-7-18-14/h3-8,13,16H,9-10H2,1-2H3. The zero-order chi connectivity index (χ0) is 13.0. The van der Waals surface area contributed by atoms with Gasteiger partial charge in [0.1, 0.15) is 5.75 Å². The first-order valence-corrected chi connectivity index (χ1v) is 6.91. The normalized spacial score (nSPS) is 12.4. The molecule has 0 aliphatic carbocycles. The van der Waals surface area contributed by atoms with Gasteiger partial charge in [0.25, 0.3) is 0 Å². The van der Waals surface area contributed by atoms with Gasteiger partial charge in [-0.25, -0.2) is 0 Å². The smallest absolute Gasteiger partial charge is 0.122 e. The van der Waals surface area contributed by atoms with Gasteiger partial charge in [0.2, 0.25) is 0 Å². The molecule has 0 radical (unpaired) electrons. The number of hydrogen-bond donors (Lipinski definition) is 1. The molecule has 0 amide bonds. The fourth-order valence-corrected chi connectivity index (χ4v) is 2.83. The third-order valence-corrected chi connectivity index (χ3v) is 3.81. The lowest BCUT2D eigenvalue weighted by Crippen LogP contribution is -2.14. The van der Waals surface area contributed by atoms with Crippen molar-refractivity contribution in [1.82, 2.24) is 0 Å². The molecule has 0 saturated heterocycles. The molecule has 0 aliphatic rings. The summed E-state index contributed by atoms with van der Waals surface area (Å²) in [6.45, 7) is 2.05. The molecule has 3 heteroatoms. The van der Waals surface area contributed by atoms with Crippen LogP contribution >= 0.6 is 11.3 Å². The number of aliphatic hydroxyl groups excluding tert-OH is 1. The van der Waals surface area contributed by atoms with Crippen LogP contribution < -0.4 is 4.74 Å². The van der Waals surface area contributed by atoms with Crippen molar-refractivity contribution in [2.45, 2.75) is 25.9 Å². The van der Waals surface area contributed by atoms with E-state index in [4.69, 9.17) is 4.74 Å². The molecule has 1 heterocycles. The van der Waals surface area contributed by atoms with E-state index in [2.05, 4.69) is 19.1 Å². The van der Waals surface area contributed by atoms with Crippen LogP contribution in [0.15, 0.2) is 35.7 Å². The molecule has 2 nitrogen and oxygen atoms in total. The largest absolute Gasteiger partial charge is 0.496 e. The van der Waals surface area contributed by atoms with Crippen LogP contribution in [0.4, 0.5) is 0 Å². The Kier molecular flexibility index (Phi) is 4.39. The number of benzene rings is 1. The highest BCUT2D eigenvalue weighted by molar-refractivity contribution is 7.09. The predicted octanol–water partition coefficient (Wildman–Crippen LogP) is 3.21. The first-order valence-electron chi connectivity index (χ1n) is 6.03. The Morgan fingerprint density at radius 3 is 2.78 bits per heavy atom. The van der Waals surface area contributed by atoms with Gasteiger partial charge in [-0.2, -0.15) is 0 Å². The molecular formula is C15H18O2S. The lowest BCUT2D eigenvalue weighted by molar-refractivity contribution is 0.175. The van der Waals surface area contributed by atoms with E-state index in [9.17, 15) is 5.11 Å². The van der Waals surface area contributed by atoms with Crippen molar-refractivity contribution in [1.29, 1.82) is 0 Å². The second kappa shape index (κ2) is 6.03. The summed E-state index contributed by atoms with van der Waals surface area (Å²) in [6, 6.07) is 10.1. The summed E-state index contributed by atoms with van der Waals surface area (Å²) in [4.78, 5) is 1.22. The van der Waals surface area contributed by atoms with Crippen molar-refractivity contribution in [3.05, 3.63) is 51.7 Å². The van der Waals surface area contributed by atoms with Crippen molar-refractivity contribution in [3.8, 4) is 5.75 Å². The van der Waals surface area contributed by atoms with E-state index >= 15 is 0 Å². The highest BCUT2D eigenvalue weighted by Crippen LogP contribution is 2.22. The summed E-state index contributed by atoms with van der Waals surface area (Å²) in [5.41, 5.74) is 2.26. The number of rotatable bonds is 5. The summed E-state index contributed by atoms with van der Waals surface area (Å²) < 4.78 is 5.33. The minimum atomic E-state index is -0.362. The minimum absolute atomic E-state index is 0.362. The summed E-state index contributed by atoms with van der Waals surface area (Å²) in [5.74, 6) is 0.853. The molecule has 1 aromatic heterocycles. The van der Waals surface area contributed by atoms with Crippen molar-refractivity contribution >= 4 is 11.3 Å². The van der Waals surface area contributed by atoms with Gasteiger partial charge >= 0.3 is 0 Å². The van der Waals surface area contributed by atoms with Crippen LogP contribution in [0.3, 0.4) is 0 Å². The van der Waals surface area contributed by atoms with Crippen LogP contribution in [0.25, 0.3) is 0 Å². The lowest BCUT2D eigenvalue weighted by Gasteiger charge is -2.13. The molecule has 96 valence electrons. The van der Waals surface area contributed by atoms with Gasteiger partial charge in [0, 0.05) is 17.7 Å². The number of aliphatic hydroxyl groups is 1. The van der Waals surface area contributed by atoms with Gasteiger partial charge in [-0.1, -0.05) is 23.8 Å². The highest BCUT2D eigenvalue weighted by atomic mass is 32.1. The molecule has 0 spiro atoms. The maximum Gasteiger partial charge on any atom is 0.122 e. The van der Waals surface area contributed by atoms with E-state index in [0.29, 0.717) is 12.8 Å².